The maximum Gasteiger partial charge on any atom is 0.165 e. The lowest BCUT2D eigenvalue weighted by molar-refractivity contribution is -0.137. The van der Waals surface area contributed by atoms with Gasteiger partial charge in [0.2, 0.25) is 0 Å². The summed E-state index contributed by atoms with van der Waals surface area (Å²) in [6.07, 6.45) is 0.919. The van der Waals surface area contributed by atoms with Crippen molar-refractivity contribution in [3.05, 3.63) is 53.6 Å². The highest BCUT2D eigenvalue weighted by Gasteiger charge is 2.17. The quantitative estimate of drug-likeness (QED) is 0.481. The van der Waals surface area contributed by atoms with Gasteiger partial charge in [0.25, 0.3) is 0 Å². The molecule has 15 heavy (non-hydrogen) atoms. The fraction of sp³-hybridized carbons (Fsp3) is 0.0769. The molecule has 1 aliphatic carbocycles. The van der Waals surface area contributed by atoms with Crippen molar-refractivity contribution in [2.75, 3.05) is 0 Å². The monoisotopic (exact) mass is 198 g/mol. The summed E-state index contributed by atoms with van der Waals surface area (Å²) in [5.74, 6) is 0.501. The first-order chi connectivity index (χ1) is 7.38. The second-order valence-electron chi connectivity index (χ2n) is 3.74. The molecule has 0 spiro atoms. The predicted octanol–water partition coefficient (Wildman–Crippen LogP) is 3.11. The van der Waals surface area contributed by atoms with Gasteiger partial charge >= 0.3 is 0 Å². The third-order valence-corrected chi connectivity index (χ3v) is 2.87. The molecule has 2 nitrogen and oxygen atoms in total. The highest BCUT2D eigenvalue weighted by Crippen LogP contribution is 2.37. The summed E-state index contributed by atoms with van der Waals surface area (Å²) in [6.45, 7) is 0. The van der Waals surface area contributed by atoms with E-state index in [1.54, 1.807) is 6.07 Å². The first-order valence-electron chi connectivity index (χ1n) is 4.91. The van der Waals surface area contributed by atoms with Crippen LogP contribution in [-0.4, -0.2) is 5.26 Å². The molecular weight excluding hydrogens is 188 g/mol. The van der Waals surface area contributed by atoms with E-state index in [4.69, 9.17) is 5.26 Å². The zero-order chi connectivity index (χ0) is 10.3. The lowest BCUT2D eigenvalue weighted by Crippen LogP contribution is -1.86. The van der Waals surface area contributed by atoms with E-state index in [1.165, 1.54) is 22.3 Å². The van der Waals surface area contributed by atoms with Gasteiger partial charge in [0, 0.05) is 0 Å². The standard InChI is InChI=1S/C13H10O2/c14-15-11-5-6-13-10(8-11)7-9-3-1-2-4-12(9)13/h1-6,8,14H,7H2. The van der Waals surface area contributed by atoms with E-state index in [-0.39, 0.29) is 0 Å². The van der Waals surface area contributed by atoms with Crippen LogP contribution in [0.1, 0.15) is 11.1 Å². The third kappa shape index (κ3) is 1.22. The fourth-order valence-corrected chi connectivity index (χ4v) is 2.18. The van der Waals surface area contributed by atoms with Crippen molar-refractivity contribution in [2.45, 2.75) is 6.42 Å². The van der Waals surface area contributed by atoms with Crippen LogP contribution in [-0.2, 0) is 6.42 Å². The Balaban J connectivity index is 2.18. The van der Waals surface area contributed by atoms with Crippen molar-refractivity contribution in [2.24, 2.45) is 0 Å². The summed E-state index contributed by atoms with van der Waals surface area (Å²) in [7, 11) is 0. The molecule has 1 aliphatic rings. The van der Waals surface area contributed by atoms with Crippen LogP contribution in [0, 0.1) is 0 Å². The third-order valence-electron chi connectivity index (χ3n) is 2.87. The minimum Gasteiger partial charge on any atom is -0.340 e. The lowest BCUT2D eigenvalue weighted by atomic mass is 10.1. The van der Waals surface area contributed by atoms with E-state index in [9.17, 15) is 0 Å². The average molecular weight is 198 g/mol. The number of benzene rings is 2. The summed E-state index contributed by atoms with van der Waals surface area (Å²) >= 11 is 0. The van der Waals surface area contributed by atoms with Crippen molar-refractivity contribution >= 4 is 0 Å². The number of fused-ring (bicyclic) bond motifs is 3. The van der Waals surface area contributed by atoms with Gasteiger partial charge in [0.1, 0.15) is 0 Å². The molecule has 74 valence electrons. The topological polar surface area (TPSA) is 29.5 Å². The molecule has 2 aromatic carbocycles. The average Bonchev–Trinajstić information content (AvgIpc) is 2.66. The van der Waals surface area contributed by atoms with E-state index in [1.807, 2.05) is 24.3 Å². The van der Waals surface area contributed by atoms with E-state index in [0.717, 1.165) is 6.42 Å². The van der Waals surface area contributed by atoms with Crippen LogP contribution in [0.25, 0.3) is 11.1 Å². The molecule has 2 heteroatoms. The van der Waals surface area contributed by atoms with Crippen LogP contribution in [0.15, 0.2) is 42.5 Å². The molecule has 0 radical (unpaired) electrons. The maximum atomic E-state index is 8.59. The van der Waals surface area contributed by atoms with Gasteiger partial charge in [-0.05, 0) is 40.8 Å². The van der Waals surface area contributed by atoms with Gasteiger partial charge in [0.15, 0.2) is 5.75 Å². The van der Waals surface area contributed by atoms with Gasteiger partial charge in [-0.3, -0.25) is 0 Å². The Morgan fingerprint density at radius 1 is 0.933 bits per heavy atom. The minimum absolute atomic E-state index is 0.501. The normalized spacial score (nSPS) is 12.1. The molecule has 2 aromatic rings. The Labute approximate surface area is 87.7 Å². The van der Waals surface area contributed by atoms with E-state index < -0.39 is 0 Å². The molecule has 0 amide bonds. The maximum absolute atomic E-state index is 8.59. The van der Waals surface area contributed by atoms with E-state index in [0.29, 0.717) is 5.75 Å². The summed E-state index contributed by atoms with van der Waals surface area (Å²) in [5, 5.41) is 8.59. The van der Waals surface area contributed by atoms with Crippen LogP contribution < -0.4 is 4.89 Å². The van der Waals surface area contributed by atoms with Crippen LogP contribution >= 0.6 is 0 Å². The Bertz CT molecular complexity index is 518. The van der Waals surface area contributed by atoms with Gasteiger partial charge < -0.3 is 4.89 Å². The smallest absolute Gasteiger partial charge is 0.165 e. The first kappa shape index (κ1) is 8.50. The molecule has 0 heterocycles. The van der Waals surface area contributed by atoms with Crippen LogP contribution in [0.3, 0.4) is 0 Å². The van der Waals surface area contributed by atoms with Crippen molar-refractivity contribution < 1.29 is 10.1 Å². The van der Waals surface area contributed by atoms with Crippen LogP contribution in [0.5, 0.6) is 5.75 Å². The Morgan fingerprint density at radius 3 is 2.60 bits per heavy atom. The molecular formula is C13H10O2. The number of rotatable bonds is 1. The zero-order valence-corrected chi connectivity index (χ0v) is 8.10. The molecule has 0 atom stereocenters. The molecule has 0 saturated heterocycles. The molecule has 3 rings (SSSR count). The largest absolute Gasteiger partial charge is 0.340 e. The Morgan fingerprint density at radius 2 is 1.73 bits per heavy atom. The molecule has 0 saturated carbocycles. The number of hydrogen-bond acceptors (Lipinski definition) is 2. The molecule has 0 bridgehead atoms. The molecule has 1 N–H and O–H groups in total. The second kappa shape index (κ2) is 3.11. The fourth-order valence-electron chi connectivity index (χ4n) is 2.18. The highest BCUT2D eigenvalue weighted by molar-refractivity contribution is 5.77. The van der Waals surface area contributed by atoms with Gasteiger partial charge in [-0.15, -0.1) is 0 Å². The van der Waals surface area contributed by atoms with Crippen LogP contribution in [0.2, 0.25) is 0 Å². The lowest BCUT2D eigenvalue weighted by Gasteiger charge is -2.01. The first-order valence-corrected chi connectivity index (χ1v) is 4.91. The van der Waals surface area contributed by atoms with Crippen molar-refractivity contribution in [3.8, 4) is 16.9 Å². The highest BCUT2D eigenvalue weighted by atomic mass is 17.1. The summed E-state index contributed by atoms with van der Waals surface area (Å²) < 4.78 is 0. The molecule has 0 fully saturated rings. The molecule has 0 aliphatic heterocycles. The predicted molar refractivity (Wildman–Crippen MR) is 57.9 cm³/mol. The Hall–Kier alpha value is -1.80. The van der Waals surface area contributed by atoms with Gasteiger partial charge in [-0.25, -0.2) is 5.26 Å². The Kier molecular flexibility index (Phi) is 1.76. The molecule has 0 aromatic heterocycles. The molecule has 0 unspecified atom stereocenters. The SMILES string of the molecule is OOc1ccc2c(c1)Cc1ccccc1-2. The minimum atomic E-state index is 0.501. The van der Waals surface area contributed by atoms with Crippen molar-refractivity contribution in [3.63, 3.8) is 0 Å². The van der Waals surface area contributed by atoms with Crippen molar-refractivity contribution in [1.82, 2.24) is 0 Å². The zero-order valence-electron chi connectivity index (χ0n) is 8.10. The van der Waals surface area contributed by atoms with E-state index in [2.05, 4.69) is 17.0 Å². The summed E-state index contributed by atoms with van der Waals surface area (Å²) in [4.78, 5) is 4.24. The van der Waals surface area contributed by atoms with Gasteiger partial charge in [-0.1, -0.05) is 30.3 Å². The van der Waals surface area contributed by atoms with Gasteiger partial charge in [0.05, 0.1) is 0 Å². The number of hydrogen-bond donors (Lipinski definition) is 1. The summed E-state index contributed by atoms with van der Waals surface area (Å²) in [5.41, 5.74) is 5.08. The van der Waals surface area contributed by atoms with E-state index >= 15 is 0 Å². The second-order valence-corrected chi connectivity index (χ2v) is 3.74. The van der Waals surface area contributed by atoms with Crippen molar-refractivity contribution in [1.29, 1.82) is 0 Å². The summed E-state index contributed by atoms with van der Waals surface area (Å²) in [6, 6.07) is 14.0. The van der Waals surface area contributed by atoms with Gasteiger partial charge in [-0.2, -0.15) is 0 Å². The van der Waals surface area contributed by atoms with Crippen LogP contribution in [0.4, 0.5) is 0 Å².